The average molecular weight is 396 g/mol. The van der Waals surface area contributed by atoms with Crippen molar-refractivity contribution in [2.24, 2.45) is 0 Å². The Morgan fingerprint density at radius 1 is 1.29 bits per heavy atom. The number of aromatic nitrogens is 2. The van der Waals surface area contributed by atoms with Crippen molar-refractivity contribution in [2.75, 3.05) is 5.32 Å². The van der Waals surface area contributed by atoms with Crippen molar-refractivity contribution < 1.29 is 19.4 Å². The molecule has 0 aliphatic carbocycles. The monoisotopic (exact) mass is 395 g/mol. The second-order valence-electron chi connectivity index (χ2n) is 5.45. The van der Waals surface area contributed by atoms with Crippen LogP contribution in [0.1, 0.15) is 37.2 Å². The molecule has 0 saturated carbocycles. The quantitative estimate of drug-likeness (QED) is 0.758. The molecule has 1 amide bonds. The Kier molecular flexibility index (Phi) is 5.61. The van der Waals surface area contributed by atoms with Gasteiger partial charge < -0.3 is 15.2 Å². The highest BCUT2D eigenvalue weighted by molar-refractivity contribution is 9.10. The number of aromatic hydroxyl groups is 1. The fourth-order valence-corrected chi connectivity index (χ4v) is 2.36. The summed E-state index contributed by atoms with van der Waals surface area (Å²) in [6.45, 7) is 5.32. The topological polar surface area (TPSA) is 93.5 Å². The van der Waals surface area contributed by atoms with E-state index in [0.717, 1.165) is 0 Å². The van der Waals surface area contributed by atoms with Gasteiger partial charge in [0.05, 0.1) is 6.20 Å². The van der Waals surface area contributed by atoms with Crippen LogP contribution in [0.25, 0.3) is 0 Å². The standard InChI is InChI=1S/C16H18BrN3O4/c1-9(2)20-14(6-7-18-20)19-15(22)10(3)24-16(23)12-8-11(17)4-5-13(12)21/h4-10,21H,1-3H3,(H,19,22)/t10-/m1/s1. The number of phenolic OH excluding ortho intramolecular Hbond substituents is 1. The Bertz CT molecular complexity index is 758. The normalized spacial score (nSPS) is 12.0. The minimum absolute atomic E-state index is 0.0174. The number of halogens is 1. The van der Waals surface area contributed by atoms with E-state index in [-0.39, 0.29) is 17.4 Å². The summed E-state index contributed by atoms with van der Waals surface area (Å²) in [5.74, 6) is -0.967. The summed E-state index contributed by atoms with van der Waals surface area (Å²) in [5.41, 5.74) is -0.0174. The molecule has 0 spiro atoms. The van der Waals surface area contributed by atoms with Gasteiger partial charge in [0, 0.05) is 16.6 Å². The molecule has 0 aliphatic rings. The first-order chi connectivity index (χ1) is 11.3. The second kappa shape index (κ2) is 7.48. The number of carbonyl (C=O) groups is 2. The Morgan fingerprint density at radius 3 is 2.67 bits per heavy atom. The van der Waals surface area contributed by atoms with E-state index in [0.29, 0.717) is 10.3 Å². The average Bonchev–Trinajstić information content (AvgIpc) is 2.97. The Morgan fingerprint density at radius 2 is 2.00 bits per heavy atom. The number of amides is 1. The molecule has 7 nitrogen and oxygen atoms in total. The zero-order chi connectivity index (χ0) is 17.9. The number of benzene rings is 1. The summed E-state index contributed by atoms with van der Waals surface area (Å²) < 4.78 is 7.38. The van der Waals surface area contributed by atoms with Crippen LogP contribution >= 0.6 is 15.9 Å². The minimum Gasteiger partial charge on any atom is -0.507 e. The summed E-state index contributed by atoms with van der Waals surface area (Å²) in [6, 6.07) is 6.12. The first-order valence-electron chi connectivity index (χ1n) is 7.33. The van der Waals surface area contributed by atoms with Crippen molar-refractivity contribution >= 4 is 33.6 Å². The van der Waals surface area contributed by atoms with Gasteiger partial charge in [0.1, 0.15) is 17.1 Å². The zero-order valence-corrected chi connectivity index (χ0v) is 15.1. The number of phenols is 1. The molecule has 0 saturated heterocycles. The molecule has 8 heteroatoms. The van der Waals surface area contributed by atoms with E-state index in [9.17, 15) is 14.7 Å². The maximum atomic E-state index is 12.2. The van der Waals surface area contributed by atoms with Gasteiger partial charge in [-0.1, -0.05) is 15.9 Å². The van der Waals surface area contributed by atoms with Gasteiger partial charge in [0.15, 0.2) is 6.10 Å². The predicted octanol–water partition coefficient (Wildman–Crippen LogP) is 3.12. The van der Waals surface area contributed by atoms with Crippen molar-refractivity contribution in [2.45, 2.75) is 32.9 Å². The first-order valence-corrected chi connectivity index (χ1v) is 8.12. The second-order valence-corrected chi connectivity index (χ2v) is 6.37. The van der Waals surface area contributed by atoms with Gasteiger partial charge >= 0.3 is 5.97 Å². The molecule has 0 bridgehead atoms. The highest BCUT2D eigenvalue weighted by Crippen LogP contribution is 2.23. The molecule has 0 unspecified atom stereocenters. The van der Waals surface area contributed by atoms with Crippen LogP contribution in [0.4, 0.5) is 5.82 Å². The number of anilines is 1. The molecule has 1 heterocycles. The number of carbonyl (C=O) groups excluding carboxylic acids is 2. The molecule has 0 fully saturated rings. The number of ether oxygens (including phenoxy) is 1. The van der Waals surface area contributed by atoms with Crippen LogP contribution in [0.15, 0.2) is 34.9 Å². The van der Waals surface area contributed by atoms with E-state index in [2.05, 4.69) is 26.3 Å². The third-order valence-corrected chi connectivity index (χ3v) is 3.74. The third-order valence-electron chi connectivity index (χ3n) is 3.24. The van der Waals surface area contributed by atoms with E-state index < -0.39 is 18.0 Å². The Labute approximate surface area is 147 Å². The summed E-state index contributed by atoms with van der Waals surface area (Å²) in [7, 11) is 0. The fourth-order valence-electron chi connectivity index (χ4n) is 2.00. The number of hydrogen-bond acceptors (Lipinski definition) is 5. The minimum atomic E-state index is -1.04. The maximum absolute atomic E-state index is 12.2. The van der Waals surface area contributed by atoms with E-state index in [1.165, 1.54) is 19.1 Å². The van der Waals surface area contributed by atoms with Crippen LogP contribution in [-0.2, 0) is 9.53 Å². The lowest BCUT2D eigenvalue weighted by Crippen LogP contribution is -2.31. The highest BCUT2D eigenvalue weighted by Gasteiger charge is 2.22. The lowest BCUT2D eigenvalue weighted by molar-refractivity contribution is -0.123. The number of hydrogen-bond donors (Lipinski definition) is 2. The van der Waals surface area contributed by atoms with Crippen LogP contribution in [0, 0.1) is 0 Å². The smallest absolute Gasteiger partial charge is 0.342 e. The van der Waals surface area contributed by atoms with Crippen LogP contribution in [0.5, 0.6) is 5.75 Å². The van der Waals surface area contributed by atoms with Crippen molar-refractivity contribution in [3.63, 3.8) is 0 Å². The lowest BCUT2D eigenvalue weighted by Gasteiger charge is -2.16. The highest BCUT2D eigenvalue weighted by atomic mass is 79.9. The number of rotatable bonds is 5. The third kappa shape index (κ3) is 4.14. The molecule has 2 N–H and O–H groups in total. The molecule has 1 aromatic carbocycles. The molecular formula is C16H18BrN3O4. The maximum Gasteiger partial charge on any atom is 0.342 e. The van der Waals surface area contributed by atoms with E-state index in [1.807, 2.05) is 13.8 Å². The van der Waals surface area contributed by atoms with Gasteiger partial charge in [-0.05, 0) is 39.0 Å². The van der Waals surface area contributed by atoms with Gasteiger partial charge in [-0.25, -0.2) is 9.48 Å². The van der Waals surface area contributed by atoms with Gasteiger partial charge in [-0.2, -0.15) is 5.10 Å². The lowest BCUT2D eigenvalue weighted by atomic mass is 10.2. The molecule has 2 rings (SSSR count). The molecule has 1 aromatic heterocycles. The van der Waals surface area contributed by atoms with E-state index >= 15 is 0 Å². The number of esters is 1. The molecule has 0 radical (unpaired) electrons. The van der Waals surface area contributed by atoms with Crippen LogP contribution in [0.3, 0.4) is 0 Å². The largest absolute Gasteiger partial charge is 0.507 e. The summed E-state index contributed by atoms with van der Waals surface area (Å²) in [5, 5.41) is 16.5. The van der Waals surface area contributed by atoms with Crippen molar-refractivity contribution in [1.82, 2.24) is 9.78 Å². The summed E-state index contributed by atoms with van der Waals surface area (Å²) >= 11 is 3.21. The van der Waals surface area contributed by atoms with E-state index in [4.69, 9.17) is 4.74 Å². The number of nitrogens with one attached hydrogen (secondary N) is 1. The van der Waals surface area contributed by atoms with Crippen LogP contribution in [0.2, 0.25) is 0 Å². The van der Waals surface area contributed by atoms with Crippen molar-refractivity contribution in [3.8, 4) is 5.75 Å². The van der Waals surface area contributed by atoms with Crippen LogP contribution < -0.4 is 5.32 Å². The molecule has 2 aromatic rings. The summed E-state index contributed by atoms with van der Waals surface area (Å²) in [4.78, 5) is 24.3. The fraction of sp³-hybridized carbons (Fsp3) is 0.312. The Balaban J connectivity index is 2.04. The predicted molar refractivity (Wildman–Crippen MR) is 91.9 cm³/mol. The van der Waals surface area contributed by atoms with Crippen molar-refractivity contribution in [1.29, 1.82) is 0 Å². The first kappa shape index (κ1) is 18.0. The van der Waals surface area contributed by atoms with Gasteiger partial charge in [-0.15, -0.1) is 0 Å². The molecule has 128 valence electrons. The summed E-state index contributed by atoms with van der Waals surface area (Å²) in [6.07, 6.45) is 0.539. The zero-order valence-electron chi connectivity index (χ0n) is 13.5. The van der Waals surface area contributed by atoms with Gasteiger partial charge in [0.25, 0.3) is 5.91 Å². The molecule has 0 aliphatic heterocycles. The van der Waals surface area contributed by atoms with Crippen LogP contribution in [-0.4, -0.2) is 32.9 Å². The Hall–Kier alpha value is -2.35. The van der Waals surface area contributed by atoms with Gasteiger partial charge in [0.2, 0.25) is 0 Å². The molecule has 24 heavy (non-hydrogen) atoms. The number of nitrogens with zero attached hydrogens (tertiary/aromatic N) is 2. The SMILES string of the molecule is CC(C)n1nccc1NC(=O)[C@@H](C)OC(=O)c1cc(Br)ccc1O. The van der Waals surface area contributed by atoms with Crippen molar-refractivity contribution in [3.05, 3.63) is 40.5 Å². The van der Waals surface area contributed by atoms with Gasteiger partial charge in [-0.3, -0.25) is 4.79 Å². The molecule has 1 atom stereocenters. The molecular weight excluding hydrogens is 378 g/mol. The van der Waals surface area contributed by atoms with E-state index in [1.54, 1.807) is 23.0 Å².